The van der Waals surface area contributed by atoms with Crippen molar-refractivity contribution in [3.63, 3.8) is 0 Å². The predicted octanol–water partition coefficient (Wildman–Crippen LogP) is 1.44. The molecule has 2 heteroatoms. The number of rotatable bonds is 5. The molecule has 57 valence electrons. The Bertz CT molecular complexity index is 99.8. The van der Waals surface area contributed by atoms with Gasteiger partial charge in [-0.3, -0.25) is 4.90 Å². The van der Waals surface area contributed by atoms with E-state index in [0.717, 1.165) is 0 Å². The summed E-state index contributed by atoms with van der Waals surface area (Å²) in [6.45, 7) is 9.99. The normalized spacial score (nSPS) is 13.1. The molecule has 0 saturated heterocycles. The van der Waals surface area contributed by atoms with Crippen LogP contribution in [0.5, 0.6) is 0 Å². The van der Waals surface area contributed by atoms with Gasteiger partial charge in [0.15, 0.2) is 0 Å². The molecule has 0 aromatic heterocycles. The van der Waals surface area contributed by atoms with E-state index < -0.39 is 6.23 Å². The quantitative estimate of drug-likeness (QED) is 0.418. The highest BCUT2D eigenvalue weighted by atomic mass is 16.3. The lowest BCUT2D eigenvalue weighted by Crippen LogP contribution is -2.31. The van der Waals surface area contributed by atoms with Crippen molar-refractivity contribution in [2.24, 2.45) is 0 Å². The summed E-state index contributed by atoms with van der Waals surface area (Å²) >= 11 is 0. The summed E-state index contributed by atoms with van der Waals surface area (Å²) in [5.74, 6) is 0. The molecule has 0 N–H and O–H groups in total. The van der Waals surface area contributed by atoms with Crippen LogP contribution in [-0.4, -0.2) is 24.2 Å². The third-order valence-electron chi connectivity index (χ3n) is 1.24. The van der Waals surface area contributed by atoms with Gasteiger partial charge >= 0.3 is 0 Å². The number of hydrogen-bond acceptors (Lipinski definition) is 1. The molecule has 1 unspecified atom stereocenters. The minimum absolute atomic E-state index is 0.636. The second kappa shape index (κ2) is 5.21. The van der Waals surface area contributed by atoms with Gasteiger partial charge in [-0.15, -0.1) is 13.2 Å². The molecule has 0 aliphatic carbocycles. The van der Waals surface area contributed by atoms with Gasteiger partial charge in [0.2, 0.25) is 0 Å². The Balaban J connectivity index is 3.70. The van der Waals surface area contributed by atoms with Crippen molar-refractivity contribution in [3.8, 4) is 0 Å². The van der Waals surface area contributed by atoms with E-state index in [1.54, 1.807) is 24.0 Å². The Hall–Kier alpha value is -0.600. The van der Waals surface area contributed by atoms with Gasteiger partial charge in [-0.1, -0.05) is 12.2 Å². The second-order valence-electron chi connectivity index (χ2n) is 2.13. The monoisotopic (exact) mass is 140 g/mol. The van der Waals surface area contributed by atoms with Crippen molar-refractivity contribution in [1.82, 2.24) is 4.90 Å². The first-order chi connectivity index (χ1) is 4.72. The molecule has 0 heterocycles. The highest BCUT2D eigenvalue weighted by Crippen LogP contribution is 1.95. The maximum Gasteiger partial charge on any atom is 0.143 e. The van der Waals surface area contributed by atoms with Crippen LogP contribution in [0.15, 0.2) is 25.3 Å². The Kier molecular flexibility index (Phi) is 4.89. The van der Waals surface area contributed by atoms with Crippen LogP contribution in [0.2, 0.25) is 0 Å². The summed E-state index contributed by atoms with van der Waals surface area (Å²) in [6, 6.07) is 0. The molecule has 0 fully saturated rings. The van der Waals surface area contributed by atoms with Crippen LogP contribution < -0.4 is 0 Å². The maximum absolute atomic E-state index is 10.8. The van der Waals surface area contributed by atoms with Crippen LogP contribution in [0, 0.1) is 0 Å². The van der Waals surface area contributed by atoms with Gasteiger partial charge in [-0.05, 0) is 6.92 Å². The molecule has 0 bridgehead atoms. The van der Waals surface area contributed by atoms with Gasteiger partial charge in [0.1, 0.15) is 6.23 Å². The molecule has 1 atom stereocenters. The lowest BCUT2D eigenvalue weighted by molar-refractivity contribution is -0.0217. The molecule has 0 rings (SSSR count). The fourth-order valence-electron chi connectivity index (χ4n) is 0.703. The zero-order chi connectivity index (χ0) is 7.98. The average Bonchev–Trinajstić information content (AvgIpc) is 1.87. The van der Waals surface area contributed by atoms with Crippen LogP contribution in [0.4, 0.5) is 0 Å². The fourth-order valence-corrected chi connectivity index (χ4v) is 0.703. The molecule has 0 spiro atoms. The van der Waals surface area contributed by atoms with Crippen molar-refractivity contribution in [2.75, 3.05) is 13.1 Å². The third-order valence-corrected chi connectivity index (χ3v) is 1.24. The molecule has 0 aliphatic heterocycles. The largest absolute Gasteiger partial charge is 0.269 e. The number of hydrogen-bond donors (Lipinski definition) is 0. The van der Waals surface area contributed by atoms with E-state index in [9.17, 15) is 5.11 Å². The van der Waals surface area contributed by atoms with Gasteiger partial charge in [-0.2, -0.15) is 0 Å². The fraction of sp³-hybridized carbons (Fsp3) is 0.500. The number of nitrogens with zero attached hydrogens (tertiary/aromatic N) is 1. The van der Waals surface area contributed by atoms with E-state index in [0.29, 0.717) is 13.1 Å². The summed E-state index contributed by atoms with van der Waals surface area (Å²) in [7, 11) is 0. The Morgan fingerprint density at radius 3 is 2.00 bits per heavy atom. The van der Waals surface area contributed by atoms with Crippen LogP contribution in [-0.2, 0) is 5.11 Å². The predicted molar refractivity (Wildman–Crippen MR) is 42.1 cm³/mol. The van der Waals surface area contributed by atoms with Crippen LogP contribution in [0.25, 0.3) is 0 Å². The second-order valence-corrected chi connectivity index (χ2v) is 2.13. The average molecular weight is 140 g/mol. The minimum Gasteiger partial charge on any atom is -0.269 e. The van der Waals surface area contributed by atoms with Crippen molar-refractivity contribution in [1.29, 1.82) is 0 Å². The molecule has 0 aliphatic rings. The molecule has 0 amide bonds. The van der Waals surface area contributed by atoms with Crippen LogP contribution in [0.3, 0.4) is 0 Å². The van der Waals surface area contributed by atoms with Gasteiger partial charge in [0.05, 0.1) is 0 Å². The molecule has 0 aromatic rings. The molecule has 0 aromatic carbocycles. The highest BCUT2D eigenvalue weighted by Gasteiger charge is 2.06. The standard InChI is InChI=1S/C8H14NO/c1-4-6-9(7-5-2)8(3)10/h4-5,8H,1-2,6-7H2,3H3. The first-order valence-electron chi connectivity index (χ1n) is 3.34. The first kappa shape index (κ1) is 9.40. The third kappa shape index (κ3) is 3.43. The van der Waals surface area contributed by atoms with Gasteiger partial charge in [0, 0.05) is 13.1 Å². The SMILES string of the molecule is C=CCN(CC=C)C(C)[O]. The molecule has 10 heavy (non-hydrogen) atoms. The topological polar surface area (TPSA) is 23.1 Å². The van der Waals surface area contributed by atoms with E-state index >= 15 is 0 Å². The summed E-state index contributed by atoms with van der Waals surface area (Å²) in [5, 5.41) is 10.8. The summed E-state index contributed by atoms with van der Waals surface area (Å²) in [5.41, 5.74) is 0. The molecule has 2 nitrogen and oxygen atoms in total. The Morgan fingerprint density at radius 1 is 1.40 bits per heavy atom. The molecule has 0 saturated carbocycles. The van der Waals surface area contributed by atoms with Gasteiger partial charge in [-0.25, -0.2) is 5.11 Å². The Labute approximate surface area is 62.5 Å². The van der Waals surface area contributed by atoms with Gasteiger partial charge in [0.25, 0.3) is 0 Å². The highest BCUT2D eigenvalue weighted by molar-refractivity contribution is 4.79. The van der Waals surface area contributed by atoms with E-state index in [1.165, 1.54) is 0 Å². The summed E-state index contributed by atoms with van der Waals surface area (Å²) in [6.07, 6.45) is 2.77. The summed E-state index contributed by atoms with van der Waals surface area (Å²) < 4.78 is 0. The lowest BCUT2D eigenvalue weighted by Gasteiger charge is -2.19. The smallest absolute Gasteiger partial charge is 0.143 e. The minimum atomic E-state index is -0.670. The van der Waals surface area contributed by atoms with E-state index in [-0.39, 0.29) is 0 Å². The maximum atomic E-state index is 10.8. The molecular weight excluding hydrogens is 126 g/mol. The van der Waals surface area contributed by atoms with Crippen molar-refractivity contribution >= 4 is 0 Å². The van der Waals surface area contributed by atoms with Gasteiger partial charge < -0.3 is 0 Å². The zero-order valence-electron chi connectivity index (χ0n) is 6.42. The lowest BCUT2D eigenvalue weighted by atomic mass is 10.4. The van der Waals surface area contributed by atoms with Crippen LogP contribution >= 0.6 is 0 Å². The summed E-state index contributed by atoms with van der Waals surface area (Å²) in [4.78, 5) is 1.74. The molecular formula is C8H14NO. The molecule has 1 radical (unpaired) electrons. The van der Waals surface area contributed by atoms with Crippen molar-refractivity contribution < 1.29 is 5.11 Å². The first-order valence-corrected chi connectivity index (χ1v) is 3.34. The Morgan fingerprint density at radius 2 is 1.80 bits per heavy atom. The van der Waals surface area contributed by atoms with E-state index in [1.807, 2.05) is 0 Å². The van der Waals surface area contributed by atoms with Crippen molar-refractivity contribution in [2.45, 2.75) is 13.2 Å². The zero-order valence-corrected chi connectivity index (χ0v) is 6.42. The van der Waals surface area contributed by atoms with Crippen molar-refractivity contribution in [3.05, 3.63) is 25.3 Å². The van der Waals surface area contributed by atoms with E-state index in [4.69, 9.17) is 0 Å². The van der Waals surface area contributed by atoms with Crippen LogP contribution in [0.1, 0.15) is 6.92 Å². The van der Waals surface area contributed by atoms with E-state index in [2.05, 4.69) is 13.2 Å².